The number of hydrogen-bond donors (Lipinski definition) is 0. The van der Waals surface area contributed by atoms with Gasteiger partial charge in [0.05, 0.1) is 0 Å². The zero-order chi connectivity index (χ0) is 14.0. The van der Waals surface area contributed by atoms with Crippen molar-refractivity contribution in [2.45, 2.75) is 20.3 Å². The first-order chi connectivity index (χ1) is 8.97. The molecule has 0 aromatic heterocycles. The number of aryl methyl sites for hydroxylation is 2. The van der Waals surface area contributed by atoms with Crippen LogP contribution in [0.15, 0.2) is 45.3 Å². The van der Waals surface area contributed by atoms with Crippen molar-refractivity contribution in [3.05, 3.63) is 67.6 Å². The van der Waals surface area contributed by atoms with E-state index in [4.69, 9.17) is 0 Å². The molecule has 0 N–H and O–H groups in total. The molecule has 0 spiro atoms. The van der Waals surface area contributed by atoms with Crippen LogP contribution in [0.2, 0.25) is 0 Å². The summed E-state index contributed by atoms with van der Waals surface area (Å²) >= 11 is 6.88. The van der Waals surface area contributed by atoms with E-state index >= 15 is 0 Å². The van der Waals surface area contributed by atoms with E-state index in [1.165, 1.54) is 0 Å². The van der Waals surface area contributed by atoms with Crippen LogP contribution in [0, 0.1) is 13.8 Å². The van der Waals surface area contributed by atoms with Gasteiger partial charge >= 0.3 is 0 Å². The lowest BCUT2D eigenvalue weighted by atomic mass is 9.97. The fourth-order valence-corrected chi connectivity index (χ4v) is 2.69. The largest absolute Gasteiger partial charge is 0.294 e. The molecule has 0 amide bonds. The van der Waals surface area contributed by atoms with Crippen molar-refractivity contribution in [3.63, 3.8) is 0 Å². The Morgan fingerprint density at radius 3 is 2.26 bits per heavy atom. The molecule has 2 aromatic carbocycles. The molecule has 2 rings (SSSR count). The highest BCUT2D eigenvalue weighted by Crippen LogP contribution is 2.22. The van der Waals surface area contributed by atoms with Gasteiger partial charge in [0.2, 0.25) is 0 Å². The van der Waals surface area contributed by atoms with E-state index < -0.39 is 0 Å². The number of halogens is 2. The molecule has 98 valence electrons. The van der Waals surface area contributed by atoms with E-state index in [2.05, 4.69) is 31.9 Å². The lowest BCUT2D eigenvalue weighted by Gasteiger charge is -2.08. The van der Waals surface area contributed by atoms with Crippen LogP contribution in [-0.4, -0.2) is 5.78 Å². The van der Waals surface area contributed by atoms with Crippen LogP contribution in [0.25, 0.3) is 0 Å². The van der Waals surface area contributed by atoms with Crippen molar-refractivity contribution in [2.75, 3.05) is 0 Å². The first-order valence-electron chi connectivity index (χ1n) is 6.02. The van der Waals surface area contributed by atoms with Crippen LogP contribution in [0.3, 0.4) is 0 Å². The third kappa shape index (κ3) is 3.54. The Balaban J connectivity index is 2.25. The SMILES string of the molecule is Cc1cc(C(=O)Cc2ccc(Br)cc2)c(C)cc1Br. The molecule has 19 heavy (non-hydrogen) atoms. The third-order valence-electron chi connectivity index (χ3n) is 3.08. The third-order valence-corrected chi connectivity index (χ3v) is 4.47. The molecule has 0 bridgehead atoms. The molecule has 0 aliphatic rings. The van der Waals surface area contributed by atoms with Crippen molar-refractivity contribution in [2.24, 2.45) is 0 Å². The summed E-state index contributed by atoms with van der Waals surface area (Å²) in [6.07, 6.45) is 0.440. The van der Waals surface area contributed by atoms with Crippen molar-refractivity contribution in [1.82, 2.24) is 0 Å². The molecule has 0 unspecified atom stereocenters. The molecule has 0 atom stereocenters. The molecule has 0 heterocycles. The van der Waals surface area contributed by atoms with Crippen LogP contribution >= 0.6 is 31.9 Å². The summed E-state index contributed by atoms with van der Waals surface area (Å²) in [7, 11) is 0. The average Bonchev–Trinajstić information content (AvgIpc) is 2.36. The van der Waals surface area contributed by atoms with Gasteiger partial charge < -0.3 is 0 Å². The van der Waals surface area contributed by atoms with Crippen molar-refractivity contribution < 1.29 is 4.79 Å². The van der Waals surface area contributed by atoms with Crippen LogP contribution in [0.1, 0.15) is 27.0 Å². The number of ketones is 1. The highest BCUT2D eigenvalue weighted by molar-refractivity contribution is 9.10. The second-order valence-corrected chi connectivity index (χ2v) is 6.41. The molecule has 0 aliphatic heterocycles. The smallest absolute Gasteiger partial charge is 0.167 e. The number of Topliss-reactive ketones (excluding diaryl/α,β-unsaturated/α-hetero) is 1. The van der Waals surface area contributed by atoms with Crippen LogP contribution in [0.4, 0.5) is 0 Å². The zero-order valence-electron chi connectivity index (χ0n) is 10.8. The number of carbonyl (C=O) groups is 1. The van der Waals surface area contributed by atoms with E-state index in [1.54, 1.807) is 0 Å². The normalized spacial score (nSPS) is 10.5. The highest BCUT2D eigenvalue weighted by Gasteiger charge is 2.11. The minimum atomic E-state index is 0.162. The van der Waals surface area contributed by atoms with Crippen molar-refractivity contribution in [3.8, 4) is 0 Å². The summed E-state index contributed by atoms with van der Waals surface area (Å²) in [4.78, 5) is 12.4. The topological polar surface area (TPSA) is 17.1 Å². The summed E-state index contributed by atoms with van der Waals surface area (Å²) in [5, 5.41) is 0. The van der Waals surface area contributed by atoms with Gasteiger partial charge in [-0.3, -0.25) is 4.79 Å². The number of carbonyl (C=O) groups excluding carboxylic acids is 1. The lowest BCUT2D eigenvalue weighted by Crippen LogP contribution is -2.06. The van der Waals surface area contributed by atoms with Crippen LogP contribution in [0.5, 0.6) is 0 Å². The van der Waals surface area contributed by atoms with Crippen LogP contribution < -0.4 is 0 Å². The van der Waals surface area contributed by atoms with Gasteiger partial charge in [0.15, 0.2) is 5.78 Å². The highest BCUT2D eigenvalue weighted by atomic mass is 79.9. The Labute approximate surface area is 130 Å². The van der Waals surface area contributed by atoms with E-state index in [1.807, 2.05) is 50.2 Å². The van der Waals surface area contributed by atoms with Gasteiger partial charge in [-0.1, -0.05) is 44.0 Å². The number of rotatable bonds is 3. The molecule has 3 heteroatoms. The quantitative estimate of drug-likeness (QED) is 0.663. The molecule has 2 aromatic rings. The number of hydrogen-bond acceptors (Lipinski definition) is 1. The molecule has 0 fully saturated rings. The second-order valence-electron chi connectivity index (χ2n) is 4.64. The molecular formula is C16H14Br2O. The van der Waals surface area contributed by atoms with Crippen molar-refractivity contribution >= 4 is 37.6 Å². The zero-order valence-corrected chi connectivity index (χ0v) is 14.0. The standard InChI is InChI=1S/C16H14Br2O/c1-10-8-15(18)11(2)7-14(10)16(19)9-12-3-5-13(17)6-4-12/h3-8H,9H2,1-2H3. The lowest BCUT2D eigenvalue weighted by molar-refractivity contribution is 0.0992. The Morgan fingerprint density at radius 2 is 1.63 bits per heavy atom. The Bertz CT molecular complexity index is 615. The summed E-state index contributed by atoms with van der Waals surface area (Å²) < 4.78 is 2.07. The van der Waals surface area contributed by atoms with Gasteiger partial charge in [-0.15, -0.1) is 0 Å². The predicted octanol–water partition coefficient (Wildman–Crippen LogP) is 5.25. The van der Waals surface area contributed by atoms with Gasteiger partial charge in [0.1, 0.15) is 0 Å². The second kappa shape index (κ2) is 6.02. The predicted molar refractivity (Wildman–Crippen MR) is 85.8 cm³/mol. The minimum Gasteiger partial charge on any atom is -0.294 e. The Kier molecular flexibility index (Phi) is 4.58. The average molecular weight is 382 g/mol. The summed E-state index contributed by atoms with van der Waals surface area (Å²) in [5.74, 6) is 0.162. The molecule has 0 aliphatic carbocycles. The van der Waals surface area contributed by atoms with E-state index in [0.717, 1.165) is 31.2 Å². The maximum atomic E-state index is 12.4. The summed E-state index contributed by atoms with van der Waals surface area (Å²) in [6, 6.07) is 11.8. The van der Waals surface area contributed by atoms with Gasteiger partial charge in [0.25, 0.3) is 0 Å². The van der Waals surface area contributed by atoms with Gasteiger partial charge in [-0.2, -0.15) is 0 Å². The Morgan fingerprint density at radius 1 is 1.00 bits per heavy atom. The summed E-state index contributed by atoms with van der Waals surface area (Å²) in [6.45, 7) is 3.97. The van der Waals surface area contributed by atoms with Gasteiger partial charge in [-0.05, 0) is 54.8 Å². The van der Waals surface area contributed by atoms with E-state index in [9.17, 15) is 4.79 Å². The van der Waals surface area contributed by atoms with Gasteiger partial charge in [0, 0.05) is 20.9 Å². The summed E-state index contributed by atoms with van der Waals surface area (Å²) in [5.41, 5.74) is 3.95. The number of benzene rings is 2. The monoisotopic (exact) mass is 380 g/mol. The Hall–Kier alpha value is -0.930. The minimum absolute atomic E-state index is 0.162. The fraction of sp³-hybridized carbons (Fsp3) is 0.188. The first kappa shape index (κ1) is 14.5. The maximum Gasteiger partial charge on any atom is 0.167 e. The molecule has 1 nitrogen and oxygen atoms in total. The van der Waals surface area contributed by atoms with E-state index in [0.29, 0.717) is 6.42 Å². The van der Waals surface area contributed by atoms with Crippen LogP contribution in [-0.2, 0) is 6.42 Å². The molecule has 0 radical (unpaired) electrons. The first-order valence-corrected chi connectivity index (χ1v) is 7.60. The maximum absolute atomic E-state index is 12.4. The molecular weight excluding hydrogens is 368 g/mol. The molecule has 0 saturated heterocycles. The fourth-order valence-electron chi connectivity index (χ4n) is 1.96. The van der Waals surface area contributed by atoms with Gasteiger partial charge in [-0.25, -0.2) is 0 Å². The van der Waals surface area contributed by atoms with Crippen molar-refractivity contribution in [1.29, 1.82) is 0 Å². The van der Waals surface area contributed by atoms with E-state index in [-0.39, 0.29) is 5.78 Å². The molecule has 0 saturated carbocycles.